The van der Waals surface area contributed by atoms with Crippen LogP contribution in [0.2, 0.25) is 0 Å². The molecule has 0 aromatic heterocycles. The van der Waals surface area contributed by atoms with E-state index < -0.39 is 17.5 Å². The van der Waals surface area contributed by atoms with Gasteiger partial charge in [0, 0.05) is 13.3 Å². The van der Waals surface area contributed by atoms with Crippen molar-refractivity contribution in [3.05, 3.63) is 47.5 Å². The van der Waals surface area contributed by atoms with Crippen molar-refractivity contribution in [3.63, 3.8) is 0 Å². The van der Waals surface area contributed by atoms with Gasteiger partial charge < -0.3 is 14.2 Å². The van der Waals surface area contributed by atoms with Gasteiger partial charge in [-0.2, -0.15) is 0 Å². The number of ketones is 1. The Kier molecular flexibility index (Phi) is 10.2. The van der Waals surface area contributed by atoms with E-state index in [4.69, 9.17) is 14.2 Å². The molecule has 0 saturated carbocycles. The molecule has 0 aliphatic rings. The first-order valence-electron chi connectivity index (χ1n) is 9.61. The number of esters is 2. The minimum atomic E-state index is -1.30. The molecule has 0 N–H and O–H groups in total. The molecule has 0 spiro atoms. The molecule has 0 radical (unpaired) electrons. The third kappa shape index (κ3) is 7.27. The van der Waals surface area contributed by atoms with E-state index in [-0.39, 0.29) is 31.2 Å². The van der Waals surface area contributed by atoms with E-state index in [0.29, 0.717) is 19.3 Å². The molecule has 1 aromatic carbocycles. The van der Waals surface area contributed by atoms with Crippen molar-refractivity contribution in [3.8, 4) is 0 Å². The maximum Gasteiger partial charge on any atom is 0.337 e. The number of Topliss-reactive ketones (excluding diaryl/α,β-unsaturated/α-hetero) is 1. The lowest BCUT2D eigenvalue weighted by molar-refractivity contribution is -0.143. The minimum absolute atomic E-state index is 0.0939. The molecular formula is C22H30O6. The number of carbonyl (C=O) groups excluding carboxylic acids is 3. The summed E-state index contributed by atoms with van der Waals surface area (Å²) in [6.07, 6.45) is 2.76. The fourth-order valence-corrected chi connectivity index (χ4v) is 2.67. The summed E-state index contributed by atoms with van der Waals surface area (Å²) < 4.78 is 16.1. The molecule has 28 heavy (non-hydrogen) atoms. The number of carbonyl (C=O) groups is 3. The maximum absolute atomic E-state index is 12.9. The predicted molar refractivity (Wildman–Crippen MR) is 106 cm³/mol. The van der Waals surface area contributed by atoms with Gasteiger partial charge in [0.2, 0.25) is 0 Å². The highest BCUT2D eigenvalue weighted by Gasteiger charge is 2.36. The molecule has 0 saturated heterocycles. The Morgan fingerprint density at radius 3 is 2.25 bits per heavy atom. The lowest BCUT2D eigenvalue weighted by Gasteiger charge is -2.29. The Labute approximate surface area is 166 Å². The number of hydrogen-bond donors (Lipinski definition) is 0. The van der Waals surface area contributed by atoms with Crippen LogP contribution in [0.25, 0.3) is 0 Å². The van der Waals surface area contributed by atoms with Gasteiger partial charge in [0.15, 0.2) is 5.78 Å². The van der Waals surface area contributed by atoms with E-state index in [1.807, 2.05) is 44.2 Å². The Hall–Kier alpha value is -2.47. The van der Waals surface area contributed by atoms with Crippen molar-refractivity contribution in [2.75, 3.05) is 13.2 Å². The van der Waals surface area contributed by atoms with Crippen LogP contribution in [0.3, 0.4) is 0 Å². The summed E-state index contributed by atoms with van der Waals surface area (Å²) >= 11 is 0. The van der Waals surface area contributed by atoms with Crippen LogP contribution in [0, 0.1) is 0 Å². The van der Waals surface area contributed by atoms with E-state index >= 15 is 0 Å². The summed E-state index contributed by atoms with van der Waals surface area (Å²) in [4.78, 5) is 36.5. The van der Waals surface area contributed by atoms with E-state index in [2.05, 4.69) is 0 Å². The molecule has 6 heteroatoms. The smallest absolute Gasteiger partial charge is 0.337 e. The highest BCUT2D eigenvalue weighted by Crippen LogP contribution is 2.26. The van der Waals surface area contributed by atoms with Crippen molar-refractivity contribution in [1.29, 1.82) is 0 Å². The van der Waals surface area contributed by atoms with E-state index in [0.717, 1.165) is 5.56 Å². The molecule has 0 fully saturated rings. The molecular weight excluding hydrogens is 360 g/mol. The largest absolute Gasteiger partial charge is 0.463 e. The zero-order valence-corrected chi connectivity index (χ0v) is 17.2. The average Bonchev–Trinajstić information content (AvgIpc) is 2.68. The van der Waals surface area contributed by atoms with Gasteiger partial charge in [-0.3, -0.25) is 9.59 Å². The van der Waals surface area contributed by atoms with Gasteiger partial charge in [0.1, 0.15) is 12.2 Å². The second-order valence-electron chi connectivity index (χ2n) is 6.36. The highest BCUT2D eigenvalue weighted by molar-refractivity contribution is 5.94. The molecule has 1 aromatic rings. The van der Waals surface area contributed by atoms with Gasteiger partial charge in [-0.05, 0) is 31.4 Å². The number of benzene rings is 1. The SMILES string of the molecule is CCCC(=O)C(C=C(COC(C)=O)C(=O)OCC)(CC)OCc1ccccc1. The van der Waals surface area contributed by atoms with Crippen molar-refractivity contribution in [2.24, 2.45) is 0 Å². The monoisotopic (exact) mass is 390 g/mol. The van der Waals surface area contributed by atoms with Crippen LogP contribution in [0.4, 0.5) is 0 Å². The van der Waals surface area contributed by atoms with Crippen molar-refractivity contribution >= 4 is 17.7 Å². The summed E-state index contributed by atoms with van der Waals surface area (Å²) in [7, 11) is 0. The van der Waals surface area contributed by atoms with Gasteiger partial charge in [0.25, 0.3) is 0 Å². The minimum Gasteiger partial charge on any atom is -0.463 e. The van der Waals surface area contributed by atoms with E-state index in [1.54, 1.807) is 6.92 Å². The Morgan fingerprint density at radius 2 is 1.71 bits per heavy atom. The molecule has 0 bridgehead atoms. The third-order valence-electron chi connectivity index (χ3n) is 4.19. The maximum atomic E-state index is 12.9. The van der Waals surface area contributed by atoms with E-state index in [9.17, 15) is 14.4 Å². The molecule has 1 atom stereocenters. The fourth-order valence-electron chi connectivity index (χ4n) is 2.67. The number of ether oxygens (including phenoxy) is 3. The summed E-state index contributed by atoms with van der Waals surface area (Å²) in [5.41, 5.74) is -0.291. The van der Waals surface area contributed by atoms with Gasteiger partial charge in [-0.1, -0.05) is 44.2 Å². The first-order chi connectivity index (χ1) is 13.4. The van der Waals surface area contributed by atoms with Crippen LogP contribution in [0.5, 0.6) is 0 Å². The van der Waals surface area contributed by atoms with E-state index in [1.165, 1.54) is 13.0 Å². The Bertz CT molecular complexity index is 680. The van der Waals surface area contributed by atoms with Gasteiger partial charge >= 0.3 is 11.9 Å². The van der Waals surface area contributed by atoms with Crippen LogP contribution in [0.1, 0.15) is 52.5 Å². The zero-order valence-electron chi connectivity index (χ0n) is 17.2. The first kappa shape index (κ1) is 23.6. The zero-order chi connectivity index (χ0) is 21.0. The van der Waals surface area contributed by atoms with Crippen LogP contribution >= 0.6 is 0 Å². The molecule has 1 rings (SSSR count). The molecule has 6 nitrogen and oxygen atoms in total. The lowest BCUT2D eigenvalue weighted by Crippen LogP contribution is -2.40. The van der Waals surface area contributed by atoms with Gasteiger partial charge in [-0.15, -0.1) is 0 Å². The van der Waals surface area contributed by atoms with Crippen LogP contribution in [0.15, 0.2) is 42.0 Å². The van der Waals surface area contributed by atoms with Crippen LogP contribution in [-0.4, -0.2) is 36.5 Å². The molecule has 0 amide bonds. The summed E-state index contributed by atoms with van der Waals surface area (Å²) in [5.74, 6) is -1.28. The normalized spacial score (nSPS) is 13.5. The number of hydrogen-bond acceptors (Lipinski definition) is 6. The fraction of sp³-hybridized carbons (Fsp3) is 0.500. The van der Waals surface area contributed by atoms with Gasteiger partial charge in [0.05, 0.1) is 18.8 Å². The van der Waals surface area contributed by atoms with Crippen LogP contribution < -0.4 is 0 Å². The second-order valence-corrected chi connectivity index (χ2v) is 6.36. The lowest BCUT2D eigenvalue weighted by atomic mass is 9.89. The quantitative estimate of drug-likeness (QED) is 0.399. The molecule has 0 aliphatic heterocycles. The second kappa shape index (κ2) is 12.1. The van der Waals surface area contributed by atoms with Crippen molar-refractivity contribution < 1.29 is 28.6 Å². The summed E-state index contributed by atoms with van der Waals surface area (Å²) in [5, 5.41) is 0. The van der Waals surface area contributed by atoms with Crippen molar-refractivity contribution in [2.45, 2.75) is 59.2 Å². The number of rotatable bonds is 12. The Morgan fingerprint density at radius 1 is 1.04 bits per heavy atom. The summed E-state index contributed by atoms with van der Waals surface area (Å²) in [6, 6.07) is 9.48. The predicted octanol–water partition coefficient (Wildman–Crippen LogP) is 3.77. The average molecular weight is 390 g/mol. The van der Waals surface area contributed by atoms with Crippen molar-refractivity contribution in [1.82, 2.24) is 0 Å². The molecule has 0 aliphatic carbocycles. The highest BCUT2D eigenvalue weighted by atomic mass is 16.5. The third-order valence-corrected chi connectivity index (χ3v) is 4.19. The topological polar surface area (TPSA) is 78.9 Å². The first-order valence-corrected chi connectivity index (χ1v) is 9.61. The summed E-state index contributed by atoms with van der Waals surface area (Å²) in [6.45, 7) is 6.78. The molecule has 0 heterocycles. The Balaban J connectivity index is 3.26. The van der Waals surface area contributed by atoms with Crippen LogP contribution in [-0.2, 0) is 35.2 Å². The molecule has 154 valence electrons. The standard InChI is InChI=1S/C22H30O6/c1-5-11-20(24)22(6-2,28-15-18-12-9-8-10-13-18)14-19(16-27-17(4)23)21(25)26-7-3/h8-10,12-14H,5-7,11,15-16H2,1-4H3. The van der Waals surface area contributed by atoms with Gasteiger partial charge in [-0.25, -0.2) is 4.79 Å². The molecule has 1 unspecified atom stereocenters.